The number of ether oxygens (including phenoxy) is 2. The minimum absolute atomic E-state index is 0.0251. The minimum Gasteiger partial charge on any atom is -0.494 e. The molecule has 2 aliphatic heterocycles. The summed E-state index contributed by atoms with van der Waals surface area (Å²) in [6.07, 6.45) is 5.00. The van der Waals surface area contributed by atoms with Gasteiger partial charge in [0.05, 0.1) is 24.6 Å². The van der Waals surface area contributed by atoms with Crippen molar-refractivity contribution in [1.82, 2.24) is 25.5 Å². The molecule has 0 unspecified atom stereocenters. The topological polar surface area (TPSA) is 184 Å². The molecule has 2 fully saturated rings. The molecule has 3 atom stereocenters. The lowest BCUT2D eigenvalue weighted by Crippen LogP contribution is -2.58. The lowest BCUT2D eigenvalue weighted by atomic mass is 9.85. The largest absolute Gasteiger partial charge is 0.494 e. The number of likely N-dealkylation sites (tertiary alicyclic amines) is 1. The van der Waals surface area contributed by atoms with Crippen molar-refractivity contribution < 1.29 is 38.2 Å². The molecule has 7 rings (SSSR count). The number of rotatable bonds is 17. The minimum atomic E-state index is -0.966. The molecule has 0 bridgehead atoms. The van der Waals surface area contributed by atoms with Gasteiger partial charge >= 0.3 is 0 Å². The number of β-amino-alcohol motifs (C(OH)–C–C–N with tert-alkyl or cyclic N) is 1. The number of amides is 4. The maximum absolute atomic E-state index is 14.0. The number of pyridine rings is 1. The van der Waals surface area contributed by atoms with Crippen molar-refractivity contribution in [2.24, 2.45) is 5.41 Å². The van der Waals surface area contributed by atoms with E-state index in [0.717, 1.165) is 27.9 Å². The Morgan fingerprint density at radius 3 is 2.26 bits per heavy atom. The maximum atomic E-state index is 14.0. The Morgan fingerprint density at radius 1 is 0.971 bits per heavy atom. The van der Waals surface area contributed by atoms with E-state index in [-0.39, 0.29) is 37.8 Å². The smallest absolute Gasteiger partial charge is 0.272 e. The monoisotopic (exact) mass is 940 g/mol. The van der Waals surface area contributed by atoms with E-state index >= 15 is 0 Å². The third kappa shape index (κ3) is 11.1. The summed E-state index contributed by atoms with van der Waals surface area (Å²) >= 11 is 5.83. The van der Waals surface area contributed by atoms with Gasteiger partial charge in [0.25, 0.3) is 11.7 Å². The van der Waals surface area contributed by atoms with Gasteiger partial charge in [-0.15, -0.1) is 4.98 Å². The first kappa shape index (κ1) is 48.9. The number of hydrogen-bond acceptors (Lipinski definition) is 11. The number of nitrogens with one attached hydrogen (secondary N) is 2. The van der Waals surface area contributed by atoms with Crippen molar-refractivity contribution in [2.75, 3.05) is 36.2 Å². The lowest BCUT2D eigenvalue weighted by Gasteiger charge is -2.35. The molecular formula is C51H56N8O8S. The third-order valence-electron chi connectivity index (χ3n) is 12.0. The second-order valence-corrected chi connectivity index (χ2v) is 18.9. The standard InChI is InChI=1S/C51H56N8O8S/c1-32-24-38(27-54-45(32)52-7)58-48(64)51(5,6)59(49(58)68)37-18-14-34(15-19-37)35-16-20-40(21-17-35)66-23-9-8-22-65-30-43(61)56-44(50(2,3)4)47(63)57-29-39(60)25-41(57)46(62)55-26-33-10-12-36(13-11-33)42-28-53-31-67-42/h10-21,24,27-28,31,39,41,44,60H,8-9,22-23,25-26,29-30H2,1-6H3,(H,55,62)(H,56,61)/t39-,41+,44-/m1/s1. The molecule has 16 nitrogen and oxygen atoms in total. The van der Waals surface area contributed by atoms with Crippen LogP contribution in [0.5, 0.6) is 5.75 Å². The number of carbonyl (C=O) groups is 4. The Hall–Kier alpha value is -7.00. The Morgan fingerprint density at radius 2 is 1.63 bits per heavy atom. The first-order valence-electron chi connectivity index (χ1n) is 22.4. The van der Waals surface area contributed by atoms with Gasteiger partial charge in [-0.3, -0.25) is 24.1 Å². The fourth-order valence-corrected chi connectivity index (χ4v) is 8.75. The fourth-order valence-electron chi connectivity index (χ4n) is 8.23. The number of hydrogen-bond donors (Lipinski definition) is 3. The molecule has 5 aromatic rings. The number of carbonyl (C=O) groups excluding carboxylic acids is 4. The van der Waals surface area contributed by atoms with Gasteiger partial charge in [0, 0.05) is 37.4 Å². The highest BCUT2D eigenvalue weighted by molar-refractivity contribution is 7.81. The van der Waals surface area contributed by atoms with E-state index < -0.39 is 46.9 Å². The number of unbranched alkanes of at least 4 members (excludes halogenated alkanes) is 1. The number of thiocarbonyl (C=S) groups is 1. The molecule has 68 heavy (non-hydrogen) atoms. The molecule has 4 heterocycles. The zero-order chi connectivity index (χ0) is 48.8. The molecule has 2 aliphatic rings. The van der Waals surface area contributed by atoms with Crippen LogP contribution in [0.2, 0.25) is 0 Å². The van der Waals surface area contributed by atoms with Crippen LogP contribution in [0.3, 0.4) is 0 Å². The van der Waals surface area contributed by atoms with Crippen LogP contribution < -0.4 is 25.2 Å². The summed E-state index contributed by atoms with van der Waals surface area (Å²) in [4.78, 5) is 70.3. The highest BCUT2D eigenvalue weighted by Crippen LogP contribution is 2.38. The van der Waals surface area contributed by atoms with Gasteiger partial charge < -0.3 is 44.3 Å². The third-order valence-corrected chi connectivity index (χ3v) is 12.4. The molecule has 2 saturated heterocycles. The summed E-state index contributed by atoms with van der Waals surface area (Å²) in [5.41, 5.74) is 3.95. The van der Waals surface area contributed by atoms with Crippen LogP contribution in [-0.2, 0) is 30.5 Å². The zero-order valence-electron chi connectivity index (χ0n) is 39.0. The predicted octanol–water partition coefficient (Wildman–Crippen LogP) is 7.16. The number of aliphatic hydroxyl groups is 1. The van der Waals surface area contributed by atoms with E-state index in [1.54, 1.807) is 19.2 Å². The summed E-state index contributed by atoms with van der Waals surface area (Å²) in [7, 11) is 0. The van der Waals surface area contributed by atoms with Crippen molar-refractivity contribution in [3.63, 3.8) is 0 Å². The zero-order valence-corrected chi connectivity index (χ0v) is 39.8. The van der Waals surface area contributed by atoms with Crippen LogP contribution in [0.15, 0.2) is 102 Å². The first-order chi connectivity index (χ1) is 32.5. The SMILES string of the molecule is [C-]#[N+]c1ncc(N2C(=O)C(C)(C)N(c3ccc(-c4ccc(OCCCCOCC(=O)N[C@H](C(=O)N5C[C@H](O)C[C@H]5C(=O)NCc5ccc(-c6cnco6)cc5)C(C)(C)C)cc4)cc3)C2=S)cc1C. The van der Waals surface area contributed by atoms with Crippen LogP contribution >= 0.6 is 12.2 Å². The fraction of sp³-hybridized carbons (Fsp3) is 0.373. The summed E-state index contributed by atoms with van der Waals surface area (Å²) in [5.74, 6) is 0.136. The predicted molar refractivity (Wildman–Crippen MR) is 261 cm³/mol. The van der Waals surface area contributed by atoms with E-state index in [2.05, 4.69) is 25.4 Å². The molecule has 0 saturated carbocycles. The van der Waals surface area contributed by atoms with E-state index in [1.165, 1.54) is 22.4 Å². The van der Waals surface area contributed by atoms with Crippen LogP contribution in [-0.4, -0.2) is 98.8 Å². The number of oxazole rings is 1. The molecule has 0 aliphatic carbocycles. The average molecular weight is 941 g/mol. The summed E-state index contributed by atoms with van der Waals surface area (Å²) in [5, 5.41) is 16.6. The van der Waals surface area contributed by atoms with Gasteiger partial charge in [0.2, 0.25) is 17.7 Å². The number of aryl methyl sites for hydroxylation is 1. The molecular weight excluding hydrogens is 885 g/mol. The molecule has 0 radical (unpaired) electrons. The van der Waals surface area contributed by atoms with Gasteiger partial charge in [-0.05, 0) is 104 Å². The normalized spacial score (nSPS) is 17.2. The Bertz CT molecular complexity index is 2660. The van der Waals surface area contributed by atoms with Crippen molar-refractivity contribution >= 4 is 58.2 Å². The Balaban J connectivity index is 0.831. The molecule has 3 aromatic carbocycles. The summed E-state index contributed by atoms with van der Waals surface area (Å²) in [6.45, 7) is 18.9. The number of anilines is 2. The van der Waals surface area contributed by atoms with Crippen molar-refractivity contribution in [2.45, 2.75) is 91.1 Å². The maximum Gasteiger partial charge on any atom is 0.272 e. The second-order valence-electron chi connectivity index (χ2n) is 18.5. The van der Waals surface area contributed by atoms with Gasteiger partial charge in [-0.2, -0.15) is 0 Å². The van der Waals surface area contributed by atoms with Crippen molar-refractivity contribution in [3.8, 4) is 28.2 Å². The molecule has 354 valence electrons. The quantitative estimate of drug-likeness (QED) is 0.0487. The molecule has 4 amide bonds. The van der Waals surface area contributed by atoms with Gasteiger partial charge in [-0.1, -0.05) is 75.9 Å². The van der Waals surface area contributed by atoms with E-state index in [4.69, 9.17) is 32.7 Å². The van der Waals surface area contributed by atoms with Crippen LogP contribution in [0.25, 0.3) is 27.3 Å². The van der Waals surface area contributed by atoms with Crippen LogP contribution in [0.4, 0.5) is 17.2 Å². The number of aliphatic hydroxyl groups excluding tert-OH is 1. The van der Waals surface area contributed by atoms with Gasteiger partial charge in [0.15, 0.2) is 17.3 Å². The Kier molecular flexibility index (Phi) is 15.0. The molecule has 0 spiro atoms. The molecule has 3 N–H and O–H groups in total. The molecule has 17 heteroatoms. The number of aromatic nitrogens is 2. The lowest BCUT2D eigenvalue weighted by molar-refractivity contribution is -0.144. The highest BCUT2D eigenvalue weighted by Gasteiger charge is 2.51. The van der Waals surface area contributed by atoms with E-state index in [0.29, 0.717) is 53.9 Å². The second kappa shape index (κ2) is 20.9. The van der Waals surface area contributed by atoms with Gasteiger partial charge in [-0.25, -0.2) is 4.98 Å². The van der Waals surface area contributed by atoms with Crippen molar-refractivity contribution in [3.05, 3.63) is 120 Å². The average Bonchev–Trinajstić information content (AvgIpc) is 4.04. The van der Waals surface area contributed by atoms with E-state index in [1.807, 2.05) is 112 Å². The van der Waals surface area contributed by atoms with Crippen LogP contribution in [0.1, 0.15) is 65.0 Å². The summed E-state index contributed by atoms with van der Waals surface area (Å²) in [6, 6.07) is 23.0. The molecule has 2 aromatic heterocycles. The van der Waals surface area contributed by atoms with Crippen LogP contribution in [0, 0.1) is 18.9 Å². The highest BCUT2D eigenvalue weighted by atomic mass is 32.1. The number of nitrogens with zero attached hydrogens (tertiary/aromatic N) is 6. The van der Waals surface area contributed by atoms with Gasteiger partial charge in [0.1, 0.15) is 36.2 Å². The number of benzene rings is 3. The first-order valence-corrected chi connectivity index (χ1v) is 22.8. The van der Waals surface area contributed by atoms with E-state index in [9.17, 15) is 24.3 Å². The van der Waals surface area contributed by atoms with Crippen molar-refractivity contribution in [1.29, 1.82) is 0 Å². The Labute approximate surface area is 401 Å². The summed E-state index contributed by atoms with van der Waals surface area (Å²) < 4.78 is 17.0.